The Morgan fingerprint density at radius 2 is 1.92 bits per heavy atom. The third kappa shape index (κ3) is 4.45. The van der Waals surface area contributed by atoms with Crippen molar-refractivity contribution in [3.8, 4) is 0 Å². The molecule has 128 valence electrons. The van der Waals surface area contributed by atoms with Crippen molar-refractivity contribution in [3.63, 3.8) is 0 Å². The second kappa shape index (κ2) is 7.79. The molecule has 1 heterocycles. The molecule has 1 atom stereocenters. The molecule has 2 aromatic rings. The summed E-state index contributed by atoms with van der Waals surface area (Å²) in [7, 11) is 1.84. The lowest BCUT2D eigenvalue weighted by molar-refractivity contribution is -0.136. The van der Waals surface area contributed by atoms with Gasteiger partial charge in [-0.2, -0.15) is 0 Å². The maximum atomic E-state index is 11.9. The van der Waals surface area contributed by atoms with Crippen LogP contribution in [0.5, 0.6) is 0 Å². The molecule has 0 aliphatic carbocycles. The van der Waals surface area contributed by atoms with Gasteiger partial charge >= 0.3 is 11.8 Å². The number of nitrogens with one attached hydrogen (secondary N) is 2. The third-order valence-corrected chi connectivity index (χ3v) is 4.00. The maximum absolute atomic E-state index is 11.9. The van der Waals surface area contributed by atoms with Gasteiger partial charge in [0.15, 0.2) is 0 Å². The number of hydrogen-bond donors (Lipinski definition) is 3. The lowest BCUT2D eigenvalue weighted by atomic mass is 10.1. The van der Waals surface area contributed by atoms with E-state index in [0.717, 1.165) is 16.8 Å². The van der Waals surface area contributed by atoms with Crippen LogP contribution in [0.2, 0.25) is 0 Å². The van der Waals surface area contributed by atoms with Gasteiger partial charge in [0.1, 0.15) is 0 Å². The summed E-state index contributed by atoms with van der Waals surface area (Å²) in [5, 5.41) is 15.1. The summed E-state index contributed by atoms with van der Waals surface area (Å²) in [4.78, 5) is 23.7. The van der Waals surface area contributed by atoms with Gasteiger partial charge in [-0.1, -0.05) is 6.07 Å². The molecule has 2 rings (SSSR count). The molecule has 0 bridgehead atoms. The molecule has 1 aromatic carbocycles. The van der Waals surface area contributed by atoms with E-state index >= 15 is 0 Å². The Morgan fingerprint density at radius 1 is 1.17 bits per heavy atom. The van der Waals surface area contributed by atoms with E-state index in [1.54, 1.807) is 6.07 Å². The van der Waals surface area contributed by atoms with E-state index < -0.39 is 17.9 Å². The van der Waals surface area contributed by atoms with Crippen molar-refractivity contribution in [2.45, 2.75) is 26.4 Å². The molecule has 0 radical (unpaired) electrons. The number of hydrogen-bond acceptors (Lipinski definition) is 3. The van der Waals surface area contributed by atoms with Gasteiger partial charge in [0.2, 0.25) is 0 Å². The first-order valence-corrected chi connectivity index (χ1v) is 7.84. The minimum absolute atomic E-state index is 0.214. The topological polar surface area (TPSA) is 83.4 Å². The van der Waals surface area contributed by atoms with E-state index in [2.05, 4.69) is 10.6 Å². The SMILES string of the molecule is Cc1ccc(NC(=O)C(=O)NCCC(O)c2cccn2C)cc1C. The average molecular weight is 329 g/mol. The smallest absolute Gasteiger partial charge is 0.313 e. The summed E-state index contributed by atoms with van der Waals surface area (Å²) in [6, 6.07) is 9.12. The molecule has 0 saturated heterocycles. The van der Waals surface area contributed by atoms with Gasteiger partial charge in [0, 0.05) is 31.2 Å². The number of nitrogens with zero attached hydrogens (tertiary/aromatic N) is 1. The molecular formula is C18H23N3O3. The summed E-state index contributed by atoms with van der Waals surface area (Å²) in [6.45, 7) is 4.13. The highest BCUT2D eigenvalue weighted by atomic mass is 16.3. The maximum Gasteiger partial charge on any atom is 0.313 e. The number of anilines is 1. The number of benzene rings is 1. The largest absolute Gasteiger partial charge is 0.387 e. The molecule has 0 saturated carbocycles. The van der Waals surface area contributed by atoms with E-state index in [0.29, 0.717) is 12.1 Å². The molecule has 1 unspecified atom stereocenters. The monoisotopic (exact) mass is 329 g/mol. The highest BCUT2D eigenvalue weighted by Gasteiger charge is 2.15. The Balaban J connectivity index is 1.80. The van der Waals surface area contributed by atoms with Crippen LogP contribution in [0, 0.1) is 13.8 Å². The Labute approximate surface area is 141 Å². The number of rotatable bonds is 5. The first-order chi connectivity index (χ1) is 11.4. The van der Waals surface area contributed by atoms with Crippen LogP contribution in [-0.4, -0.2) is 28.0 Å². The number of aromatic nitrogens is 1. The number of aliphatic hydroxyl groups excluding tert-OH is 1. The van der Waals surface area contributed by atoms with E-state index in [1.807, 2.05) is 55.9 Å². The molecule has 24 heavy (non-hydrogen) atoms. The van der Waals surface area contributed by atoms with Crippen LogP contribution in [-0.2, 0) is 16.6 Å². The van der Waals surface area contributed by atoms with Crippen LogP contribution < -0.4 is 10.6 Å². The van der Waals surface area contributed by atoms with Crippen molar-refractivity contribution in [2.75, 3.05) is 11.9 Å². The van der Waals surface area contributed by atoms with Crippen molar-refractivity contribution in [3.05, 3.63) is 53.3 Å². The molecule has 2 amide bonds. The van der Waals surface area contributed by atoms with Crippen LogP contribution in [0.3, 0.4) is 0 Å². The van der Waals surface area contributed by atoms with E-state index in [9.17, 15) is 14.7 Å². The van der Waals surface area contributed by atoms with Crippen molar-refractivity contribution < 1.29 is 14.7 Å². The number of aryl methyl sites for hydroxylation is 3. The van der Waals surface area contributed by atoms with Crippen LogP contribution in [0.1, 0.15) is 29.3 Å². The van der Waals surface area contributed by atoms with Gasteiger partial charge in [-0.25, -0.2) is 0 Å². The average Bonchev–Trinajstić information content (AvgIpc) is 2.96. The number of aliphatic hydroxyl groups is 1. The molecule has 0 spiro atoms. The van der Waals surface area contributed by atoms with E-state index in [1.165, 1.54) is 0 Å². The molecule has 0 aliphatic heterocycles. The molecule has 6 nitrogen and oxygen atoms in total. The number of carbonyl (C=O) groups excluding carboxylic acids is 2. The Bertz CT molecular complexity index is 737. The summed E-state index contributed by atoms with van der Waals surface area (Å²) >= 11 is 0. The Hall–Kier alpha value is -2.60. The van der Waals surface area contributed by atoms with E-state index in [4.69, 9.17) is 0 Å². The highest BCUT2D eigenvalue weighted by molar-refractivity contribution is 6.39. The fourth-order valence-electron chi connectivity index (χ4n) is 2.38. The molecule has 6 heteroatoms. The zero-order valence-electron chi connectivity index (χ0n) is 14.2. The van der Waals surface area contributed by atoms with Crippen LogP contribution >= 0.6 is 0 Å². The van der Waals surface area contributed by atoms with Gasteiger partial charge in [-0.15, -0.1) is 0 Å². The molecule has 1 aromatic heterocycles. The summed E-state index contributed by atoms with van der Waals surface area (Å²) < 4.78 is 1.82. The second-order valence-electron chi connectivity index (χ2n) is 5.86. The summed E-state index contributed by atoms with van der Waals surface area (Å²) in [5.74, 6) is -1.43. The zero-order valence-corrected chi connectivity index (χ0v) is 14.2. The highest BCUT2D eigenvalue weighted by Crippen LogP contribution is 2.16. The number of amides is 2. The zero-order chi connectivity index (χ0) is 17.7. The van der Waals surface area contributed by atoms with Gasteiger partial charge in [-0.3, -0.25) is 9.59 Å². The second-order valence-corrected chi connectivity index (χ2v) is 5.86. The summed E-state index contributed by atoms with van der Waals surface area (Å²) in [6.07, 6.45) is 1.49. The Morgan fingerprint density at radius 3 is 2.54 bits per heavy atom. The molecular weight excluding hydrogens is 306 g/mol. The predicted molar refractivity (Wildman–Crippen MR) is 92.5 cm³/mol. The first kappa shape index (κ1) is 17.7. The van der Waals surface area contributed by atoms with Gasteiger partial charge in [0.25, 0.3) is 0 Å². The van der Waals surface area contributed by atoms with Gasteiger partial charge in [0.05, 0.1) is 6.10 Å². The lowest BCUT2D eigenvalue weighted by Gasteiger charge is -2.12. The molecule has 0 aliphatic rings. The van der Waals surface area contributed by atoms with Crippen LogP contribution in [0.15, 0.2) is 36.5 Å². The fraction of sp³-hybridized carbons (Fsp3) is 0.333. The summed E-state index contributed by atoms with van der Waals surface area (Å²) in [5.41, 5.74) is 3.51. The van der Waals surface area contributed by atoms with Gasteiger partial charge in [-0.05, 0) is 55.7 Å². The minimum atomic E-state index is -0.716. The number of carbonyl (C=O) groups is 2. The predicted octanol–water partition coefficient (Wildman–Crippen LogP) is 1.82. The van der Waals surface area contributed by atoms with E-state index in [-0.39, 0.29) is 6.54 Å². The minimum Gasteiger partial charge on any atom is -0.387 e. The normalized spacial score (nSPS) is 11.8. The fourth-order valence-corrected chi connectivity index (χ4v) is 2.38. The standard InChI is InChI=1S/C18H23N3O3/c1-12-6-7-14(11-13(12)2)20-18(24)17(23)19-9-8-16(22)15-5-4-10-21(15)3/h4-7,10-11,16,22H,8-9H2,1-3H3,(H,19,23)(H,20,24). The first-order valence-electron chi connectivity index (χ1n) is 7.84. The van der Waals surface area contributed by atoms with Crippen molar-refractivity contribution in [2.24, 2.45) is 7.05 Å². The van der Waals surface area contributed by atoms with Crippen molar-refractivity contribution in [1.29, 1.82) is 0 Å². The van der Waals surface area contributed by atoms with Crippen LogP contribution in [0.4, 0.5) is 5.69 Å². The van der Waals surface area contributed by atoms with Crippen LogP contribution in [0.25, 0.3) is 0 Å². The molecule has 3 N–H and O–H groups in total. The van der Waals surface area contributed by atoms with Crippen molar-refractivity contribution in [1.82, 2.24) is 9.88 Å². The Kier molecular flexibility index (Phi) is 5.76. The molecule has 0 fully saturated rings. The van der Waals surface area contributed by atoms with Gasteiger partial charge < -0.3 is 20.3 Å². The quantitative estimate of drug-likeness (QED) is 0.732. The van der Waals surface area contributed by atoms with Crippen molar-refractivity contribution >= 4 is 17.5 Å². The third-order valence-electron chi connectivity index (χ3n) is 4.00. The lowest BCUT2D eigenvalue weighted by Crippen LogP contribution is -2.36.